The number of rotatable bonds is 1. The van der Waals surface area contributed by atoms with E-state index in [2.05, 4.69) is 4.98 Å². The fourth-order valence-corrected chi connectivity index (χ4v) is 2.23. The summed E-state index contributed by atoms with van der Waals surface area (Å²) in [5.74, 6) is 0.273. The van der Waals surface area contributed by atoms with E-state index in [-0.39, 0.29) is 5.75 Å². The quantitative estimate of drug-likeness (QED) is 0.668. The molecule has 17 heavy (non-hydrogen) atoms. The molecule has 1 aromatic carbocycles. The first-order valence-corrected chi connectivity index (χ1v) is 5.49. The lowest BCUT2D eigenvalue weighted by Crippen LogP contribution is -2.02. The van der Waals surface area contributed by atoms with Crippen LogP contribution in [0.2, 0.25) is 0 Å². The molecule has 0 saturated carbocycles. The SMILES string of the molecule is Cc1cc2ncc(CN)n2c2ccc(O)cc12. The van der Waals surface area contributed by atoms with Gasteiger partial charge in [0.1, 0.15) is 11.4 Å². The summed E-state index contributed by atoms with van der Waals surface area (Å²) in [6.45, 7) is 2.46. The molecule has 2 aromatic heterocycles. The Morgan fingerprint density at radius 3 is 2.94 bits per heavy atom. The Morgan fingerprint density at radius 1 is 1.35 bits per heavy atom. The van der Waals surface area contributed by atoms with Crippen LogP contribution in [0.25, 0.3) is 16.6 Å². The second-order valence-corrected chi connectivity index (χ2v) is 4.18. The fourth-order valence-electron chi connectivity index (χ4n) is 2.23. The average molecular weight is 227 g/mol. The summed E-state index contributed by atoms with van der Waals surface area (Å²) in [6.07, 6.45) is 1.79. The van der Waals surface area contributed by atoms with Crippen molar-refractivity contribution in [3.05, 3.63) is 41.7 Å². The van der Waals surface area contributed by atoms with Crippen LogP contribution >= 0.6 is 0 Å². The highest BCUT2D eigenvalue weighted by atomic mass is 16.3. The van der Waals surface area contributed by atoms with Crippen molar-refractivity contribution >= 4 is 16.6 Å². The Labute approximate surface area is 98.3 Å². The Hall–Kier alpha value is -2.07. The highest BCUT2D eigenvalue weighted by Crippen LogP contribution is 2.25. The normalized spacial score (nSPS) is 11.4. The minimum Gasteiger partial charge on any atom is -0.508 e. The summed E-state index contributed by atoms with van der Waals surface area (Å²) in [4.78, 5) is 4.34. The molecule has 0 spiro atoms. The van der Waals surface area contributed by atoms with Gasteiger partial charge in [0.15, 0.2) is 0 Å². The number of hydrogen-bond donors (Lipinski definition) is 2. The van der Waals surface area contributed by atoms with Gasteiger partial charge in [-0.15, -0.1) is 0 Å². The first kappa shape index (κ1) is 10.1. The van der Waals surface area contributed by atoms with Gasteiger partial charge in [-0.2, -0.15) is 0 Å². The van der Waals surface area contributed by atoms with Crippen molar-refractivity contribution in [3.63, 3.8) is 0 Å². The van der Waals surface area contributed by atoms with Gasteiger partial charge in [0.25, 0.3) is 0 Å². The molecule has 0 fully saturated rings. The molecular formula is C13H13N3O. The zero-order valence-electron chi connectivity index (χ0n) is 9.51. The molecule has 4 heteroatoms. The lowest BCUT2D eigenvalue weighted by atomic mass is 10.1. The number of aryl methyl sites for hydroxylation is 1. The van der Waals surface area contributed by atoms with Crippen LogP contribution in [0.3, 0.4) is 0 Å². The Morgan fingerprint density at radius 2 is 2.18 bits per heavy atom. The minimum atomic E-state index is 0.273. The van der Waals surface area contributed by atoms with Crippen molar-refractivity contribution in [3.8, 4) is 5.75 Å². The van der Waals surface area contributed by atoms with Crippen molar-refractivity contribution in [2.75, 3.05) is 0 Å². The van der Waals surface area contributed by atoms with Crippen molar-refractivity contribution in [2.24, 2.45) is 5.73 Å². The van der Waals surface area contributed by atoms with Crippen LogP contribution < -0.4 is 5.73 Å². The Bertz CT molecular complexity index is 715. The molecule has 2 heterocycles. The van der Waals surface area contributed by atoms with E-state index in [1.54, 1.807) is 18.3 Å². The van der Waals surface area contributed by atoms with Gasteiger partial charge in [-0.3, -0.25) is 4.40 Å². The molecule has 0 atom stereocenters. The molecule has 0 saturated heterocycles. The van der Waals surface area contributed by atoms with E-state index in [0.717, 1.165) is 27.8 Å². The number of pyridine rings is 1. The third-order valence-electron chi connectivity index (χ3n) is 3.06. The van der Waals surface area contributed by atoms with Gasteiger partial charge < -0.3 is 10.8 Å². The third kappa shape index (κ3) is 1.38. The van der Waals surface area contributed by atoms with E-state index in [4.69, 9.17) is 5.73 Å². The number of nitrogens with zero attached hydrogens (tertiary/aromatic N) is 2. The first-order chi connectivity index (χ1) is 8.20. The van der Waals surface area contributed by atoms with E-state index in [1.165, 1.54) is 0 Å². The molecule has 0 aliphatic rings. The highest BCUT2D eigenvalue weighted by molar-refractivity contribution is 5.86. The van der Waals surface area contributed by atoms with Crippen molar-refractivity contribution < 1.29 is 5.11 Å². The van der Waals surface area contributed by atoms with Gasteiger partial charge in [-0.25, -0.2) is 4.98 Å². The van der Waals surface area contributed by atoms with E-state index >= 15 is 0 Å². The van der Waals surface area contributed by atoms with E-state index in [9.17, 15) is 5.11 Å². The highest BCUT2D eigenvalue weighted by Gasteiger charge is 2.08. The van der Waals surface area contributed by atoms with Gasteiger partial charge in [0.2, 0.25) is 0 Å². The predicted molar refractivity (Wildman–Crippen MR) is 67.0 cm³/mol. The molecule has 86 valence electrons. The van der Waals surface area contributed by atoms with Crippen LogP contribution in [0.1, 0.15) is 11.3 Å². The zero-order chi connectivity index (χ0) is 12.0. The van der Waals surface area contributed by atoms with E-state index < -0.39 is 0 Å². The average Bonchev–Trinajstić information content (AvgIpc) is 2.72. The maximum absolute atomic E-state index is 9.55. The van der Waals surface area contributed by atoms with E-state index in [0.29, 0.717) is 6.54 Å². The molecule has 0 unspecified atom stereocenters. The number of phenolic OH excluding ortho intramolecular Hbond substituents is 1. The van der Waals surface area contributed by atoms with Crippen molar-refractivity contribution in [1.82, 2.24) is 9.38 Å². The second kappa shape index (κ2) is 3.46. The van der Waals surface area contributed by atoms with E-state index in [1.807, 2.05) is 23.5 Å². The lowest BCUT2D eigenvalue weighted by molar-refractivity contribution is 0.476. The number of aromatic hydroxyl groups is 1. The smallest absolute Gasteiger partial charge is 0.137 e. The van der Waals surface area contributed by atoms with Crippen LogP contribution in [0.4, 0.5) is 0 Å². The summed E-state index contributed by atoms with van der Waals surface area (Å²) in [7, 11) is 0. The summed E-state index contributed by atoms with van der Waals surface area (Å²) < 4.78 is 2.03. The zero-order valence-corrected chi connectivity index (χ0v) is 9.51. The van der Waals surface area contributed by atoms with Gasteiger partial charge in [0, 0.05) is 11.9 Å². The number of nitrogens with two attached hydrogens (primary N) is 1. The van der Waals surface area contributed by atoms with Gasteiger partial charge >= 0.3 is 0 Å². The standard InChI is InChI=1S/C13H13N3O/c1-8-4-13-15-7-9(6-14)16(13)12-3-2-10(17)5-11(8)12/h2-5,7,17H,6,14H2,1H3. The minimum absolute atomic E-state index is 0.273. The summed E-state index contributed by atoms with van der Waals surface area (Å²) in [5, 5.41) is 10.6. The molecule has 4 nitrogen and oxygen atoms in total. The number of phenols is 1. The van der Waals surface area contributed by atoms with Crippen LogP contribution in [0.5, 0.6) is 5.75 Å². The van der Waals surface area contributed by atoms with Crippen molar-refractivity contribution in [2.45, 2.75) is 13.5 Å². The fraction of sp³-hybridized carbons (Fsp3) is 0.154. The number of fused-ring (bicyclic) bond motifs is 3. The number of imidazole rings is 1. The summed E-state index contributed by atoms with van der Waals surface area (Å²) >= 11 is 0. The molecule has 3 N–H and O–H groups in total. The van der Waals surface area contributed by atoms with Gasteiger partial charge in [0.05, 0.1) is 17.4 Å². The molecule has 0 radical (unpaired) electrons. The predicted octanol–water partition coefficient (Wildman–Crippen LogP) is 1.96. The molecular weight excluding hydrogens is 214 g/mol. The van der Waals surface area contributed by atoms with Crippen LogP contribution in [-0.4, -0.2) is 14.5 Å². The Balaban J connectivity index is 2.56. The van der Waals surface area contributed by atoms with Crippen LogP contribution in [0, 0.1) is 6.92 Å². The monoisotopic (exact) mass is 227 g/mol. The molecule has 0 aliphatic heterocycles. The van der Waals surface area contributed by atoms with Gasteiger partial charge in [-0.05, 0) is 36.8 Å². The maximum Gasteiger partial charge on any atom is 0.137 e. The largest absolute Gasteiger partial charge is 0.508 e. The molecule has 3 rings (SSSR count). The third-order valence-corrected chi connectivity index (χ3v) is 3.06. The summed E-state index contributed by atoms with van der Waals surface area (Å²) in [6, 6.07) is 7.35. The number of benzene rings is 1. The molecule has 0 amide bonds. The van der Waals surface area contributed by atoms with Crippen LogP contribution in [-0.2, 0) is 6.54 Å². The number of aromatic nitrogens is 2. The molecule has 0 bridgehead atoms. The topological polar surface area (TPSA) is 63.5 Å². The lowest BCUT2D eigenvalue weighted by Gasteiger charge is -2.08. The molecule has 3 aromatic rings. The Kier molecular flexibility index (Phi) is 2.06. The first-order valence-electron chi connectivity index (χ1n) is 5.49. The van der Waals surface area contributed by atoms with Gasteiger partial charge in [-0.1, -0.05) is 0 Å². The summed E-state index contributed by atoms with van der Waals surface area (Å²) in [5.41, 5.74) is 9.69. The maximum atomic E-state index is 9.55. The van der Waals surface area contributed by atoms with Crippen molar-refractivity contribution in [1.29, 1.82) is 0 Å². The second-order valence-electron chi connectivity index (χ2n) is 4.18. The molecule has 0 aliphatic carbocycles. The van der Waals surface area contributed by atoms with Crippen LogP contribution in [0.15, 0.2) is 30.5 Å². The number of hydrogen-bond acceptors (Lipinski definition) is 3.